The summed E-state index contributed by atoms with van der Waals surface area (Å²) in [6.45, 7) is 9.41. The van der Waals surface area contributed by atoms with Crippen LogP contribution in [0.25, 0.3) is 0 Å². The molecule has 3 aliphatic heterocycles. The lowest BCUT2D eigenvalue weighted by Crippen LogP contribution is -2.53. The molecule has 3 aliphatic rings. The molecule has 0 aromatic carbocycles. The number of rotatable bonds is 2. The first-order valence-corrected chi connectivity index (χ1v) is 8.88. The molecule has 3 rings (SSSR count). The second kappa shape index (κ2) is 6.66. The van der Waals surface area contributed by atoms with Crippen molar-refractivity contribution in [3.8, 4) is 0 Å². The number of piperidine rings is 3. The Morgan fingerprint density at radius 3 is 2.86 bits per heavy atom. The van der Waals surface area contributed by atoms with Crippen LogP contribution in [-0.4, -0.2) is 61.5 Å². The predicted molar refractivity (Wildman–Crippen MR) is 85.2 cm³/mol. The zero-order chi connectivity index (χ0) is 14.7. The highest BCUT2D eigenvalue weighted by atomic mass is 16.2. The largest absolute Gasteiger partial charge is 0.341 e. The molecule has 4 nitrogen and oxygen atoms in total. The number of nitrogens with zero attached hydrogens (tertiary/aromatic N) is 2. The molecule has 0 aromatic rings. The van der Waals surface area contributed by atoms with Crippen LogP contribution in [-0.2, 0) is 4.79 Å². The molecule has 2 atom stereocenters. The van der Waals surface area contributed by atoms with Gasteiger partial charge in [-0.1, -0.05) is 6.92 Å². The molecule has 1 spiro atoms. The SMILES string of the molecule is CC1CCCN(C(=O)CN2CCCC3(CCCNC3)C2)C1. The van der Waals surface area contributed by atoms with Crippen LogP contribution >= 0.6 is 0 Å². The first-order valence-electron chi connectivity index (χ1n) is 8.88. The molecule has 0 saturated carbocycles. The van der Waals surface area contributed by atoms with Gasteiger partial charge in [-0.2, -0.15) is 0 Å². The van der Waals surface area contributed by atoms with E-state index in [4.69, 9.17) is 0 Å². The Kier molecular flexibility index (Phi) is 4.85. The lowest BCUT2D eigenvalue weighted by Gasteiger charge is -2.45. The number of amides is 1. The second-order valence-electron chi connectivity index (χ2n) is 7.68. The summed E-state index contributed by atoms with van der Waals surface area (Å²) in [5.41, 5.74) is 0.450. The normalized spacial score (nSPS) is 35.1. The molecular weight excluding hydrogens is 262 g/mol. The van der Waals surface area contributed by atoms with Gasteiger partial charge in [0, 0.05) is 26.2 Å². The van der Waals surface area contributed by atoms with Crippen LogP contribution in [0, 0.1) is 11.3 Å². The van der Waals surface area contributed by atoms with E-state index in [9.17, 15) is 4.79 Å². The van der Waals surface area contributed by atoms with Crippen molar-refractivity contribution in [1.82, 2.24) is 15.1 Å². The Bertz CT molecular complexity index is 360. The molecule has 3 heterocycles. The standard InChI is InChI=1S/C17H31N3O/c1-15-5-2-10-20(11-15)16(21)12-19-9-4-7-17(14-19)6-3-8-18-13-17/h15,18H,2-14H2,1H3. The lowest BCUT2D eigenvalue weighted by atomic mass is 9.74. The molecule has 0 aromatic heterocycles. The van der Waals surface area contributed by atoms with Crippen LogP contribution in [0.5, 0.6) is 0 Å². The van der Waals surface area contributed by atoms with Gasteiger partial charge in [-0.3, -0.25) is 9.69 Å². The fourth-order valence-electron chi connectivity index (χ4n) is 4.53. The number of carbonyl (C=O) groups is 1. The summed E-state index contributed by atoms with van der Waals surface area (Å²) in [6, 6.07) is 0. The van der Waals surface area contributed by atoms with Crippen molar-refractivity contribution < 1.29 is 4.79 Å². The molecule has 0 radical (unpaired) electrons. The maximum absolute atomic E-state index is 12.6. The summed E-state index contributed by atoms with van der Waals surface area (Å²) < 4.78 is 0. The molecule has 0 bridgehead atoms. The van der Waals surface area contributed by atoms with Crippen LogP contribution in [0.1, 0.15) is 45.4 Å². The minimum Gasteiger partial charge on any atom is -0.341 e. The third-order valence-electron chi connectivity index (χ3n) is 5.67. The Hall–Kier alpha value is -0.610. The second-order valence-corrected chi connectivity index (χ2v) is 7.68. The van der Waals surface area contributed by atoms with Gasteiger partial charge in [0.15, 0.2) is 0 Å². The summed E-state index contributed by atoms with van der Waals surface area (Å²) in [7, 11) is 0. The summed E-state index contributed by atoms with van der Waals surface area (Å²) in [5, 5.41) is 3.57. The number of hydrogen-bond acceptors (Lipinski definition) is 3. The first-order chi connectivity index (χ1) is 10.2. The van der Waals surface area contributed by atoms with E-state index in [-0.39, 0.29) is 0 Å². The summed E-state index contributed by atoms with van der Waals surface area (Å²) in [6.07, 6.45) is 7.69. The Balaban J connectivity index is 1.53. The van der Waals surface area contributed by atoms with Crippen LogP contribution in [0.4, 0.5) is 0 Å². The quantitative estimate of drug-likeness (QED) is 0.842. The van der Waals surface area contributed by atoms with Crippen LogP contribution in [0.2, 0.25) is 0 Å². The van der Waals surface area contributed by atoms with Gasteiger partial charge in [0.2, 0.25) is 5.91 Å². The summed E-state index contributed by atoms with van der Waals surface area (Å²) in [4.78, 5) is 17.1. The van der Waals surface area contributed by atoms with E-state index in [0.717, 1.165) is 32.7 Å². The minimum atomic E-state index is 0.363. The molecular formula is C17H31N3O. The Morgan fingerprint density at radius 1 is 1.24 bits per heavy atom. The van der Waals surface area contributed by atoms with E-state index < -0.39 is 0 Å². The molecule has 3 saturated heterocycles. The summed E-state index contributed by atoms with van der Waals surface area (Å²) >= 11 is 0. The number of nitrogens with one attached hydrogen (secondary N) is 1. The third-order valence-corrected chi connectivity index (χ3v) is 5.67. The molecule has 1 N–H and O–H groups in total. The smallest absolute Gasteiger partial charge is 0.236 e. The highest BCUT2D eigenvalue weighted by Gasteiger charge is 2.37. The highest BCUT2D eigenvalue weighted by Crippen LogP contribution is 2.35. The van der Waals surface area contributed by atoms with E-state index >= 15 is 0 Å². The average molecular weight is 293 g/mol. The molecule has 1 amide bonds. The van der Waals surface area contributed by atoms with Gasteiger partial charge in [0.05, 0.1) is 6.54 Å². The highest BCUT2D eigenvalue weighted by molar-refractivity contribution is 5.78. The predicted octanol–water partition coefficient (Wildman–Crippen LogP) is 1.71. The fourth-order valence-corrected chi connectivity index (χ4v) is 4.53. The van der Waals surface area contributed by atoms with E-state index in [1.54, 1.807) is 0 Å². The van der Waals surface area contributed by atoms with E-state index in [2.05, 4.69) is 22.0 Å². The van der Waals surface area contributed by atoms with Crippen molar-refractivity contribution >= 4 is 5.91 Å². The van der Waals surface area contributed by atoms with Gasteiger partial charge in [-0.25, -0.2) is 0 Å². The van der Waals surface area contributed by atoms with Gasteiger partial charge < -0.3 is 10.2 Å². The Morgan fingerprint density at radius 2 is 2.10 bits per heavy atom. The van der Waals surface area contributed by atoms with Crippen LogP contribution in [0.3, 0.4) is 0 Å². The molecule has 21 heavy (non-hydrogen) atoms. The topological polar surface area (TPSA) is 35.6 Å². The van der Waals surface area contributed by atoms with E-state index in [0.29, 0.717) is 23.8 Å². The van der Waals surface area contributed by atoms with E-state index in [1.165, 1.54) is 45.1 Å². The van der Waals surface area contributed by atoms with Gasteiger partial charge in [-0.05, 0) is 62.9 Å². The van der Waals surface area contributed by atoms with Crippen LogP contribution in [0.15, 0.2) is 0 Å². The molecule has 0 aliphatic carbocycles. The monoisotopic (exact) mass is 293 g/mol. The minimum absolute atomic E-state index is 0.363. The van der Waals surface area contributed by atoms with Crippen molar-refractivity contribution in [2.75, 3.05) is 45.8 Å². The van der Waals surface area contributed by atoms with Crippen LogP contribution < -0.4 is 5.32 Å². The molecule has 2 unspecified atom stereocenters. The van der Waals surface area contributed by atoms with Crippen molar-refractivity contribution in [2.45, 2.75) is 45.4 Å². The number of hydrogen-bond donors (Lipinski definition) is 1. The van der Waals surface area contributed by atoms with Crippen molar-refractivity contribution in [2.24, 2.45) is 11.3 Å². The van der Waals surface area contributed by atoms with Gasteiger partial charge >= 0.3 is 0 Å². The van der Waals surface area contributed by atoms with Crippen molar-refractivity contribution in [1.29, 1.82) is 0 Å². The number of carbonyl (C=O) groups excluding carboxylic acids is 1. The molecule has 4 heteroatoms. The van der Waals surface area contributed by atoms with Gasteiger partial charge in [0.1, 0.15) is 0 Å². The fraction of sp³-hybridized carbons (Fsp3) is 0.941. The number of likely N-dealkylation sites (tertiary alicyclic amines) is 2. The lowest BCUT2D eigenvalue weighted by molar-refractivity contribution is -0.135. The van der Waals surface area contributed by atoms with E-state index in [1.807, 2.05) is 0 Å². The zero-order valence-electron chi connectivity index (χ0n) is 13.6. The van der Waals surface area contributed by atoms with Gasteiger partial charge in [0.25, 0.3) is 0 Å². The maximum Gasteiger partial charge on any atom is 0.236 e. The molecule has 120 valence electrons. The summed E-state index contributed by atoms with van der Waals surface area (Å²) in [5.74, 6) is 1.04. The zero-order valence-corrected chi connectivity index (χ0v) is 13.6. The Labute approximate surface area is 129 Å². The maximum atomic E-state index is 12.6. The average Bonchev–Trinajstić information content (AvgIpc) is 2.48. The first kappa shape index (κ1) is 15.3. The molecule has 3 fully saturated rings. The third kappa shape index (κ3) is 3.78. The van der Waals surface area contributed by atoms with Gasteiger partial charge in [-0.15, -0.1) is 0 Å². The van der Waals surface area contributed by atoms with Crippen molar-refractivity contribution in [3.05, 3.63) is 0 Å². The van der Waals surface area contributed by atoms with Crippen molar-refractivity contribution in [3.63, 3.8) is 0 Å².